The molecule has 2 N–H and O–H groups in total. The average Bonchev–Trinajstić information content (AvgIpc) is 2.57. The second-order valence-corrected chi connectivity index (χ2v) is 6.01. The number of nitrogens with zero attached hydrogens (tertiary/aromatic N) is 1. The summed E-state index contributed by atoms with van der Waals surface area (Å²) in [4.78, 5) is 16.3. The molecule has 0 aliphatic carbocycles. The Hall–Kier alpha value is -3.28. The number of carbonyl (C=O) groups is 1. The van der Waals surface area contributed by atoms with Crippen molar-refractivity contribution in [2.45, 2.75) is 13.8 Å². The first-order valence-electron chi connectivity index (χ1n) is 7.98. The van der Waals surface area contributed by atoms with Gasteiger partial charge < -0.3 is 10.6 Å². The van der Waals surface area contributed by atoms with E-state index in [1.165, 1.54) is 12.3 Å². The number of rotatable bonds is 4. The number of aryl methyl sites for hydroxylation is 2. The molecule has 26 heavy (non-hydrogen) atoms. The first kappa shape index (κ1) is 17.5. The minimum atomic E-state index is -1.03. The van der Waals surface area contributed by atoms with Crippen molar-refractivity contribution >= 4 is 23.0 Å². The van der Waals surface area contributed by atoms with Crippen molar-refractivity contribution in [3.63, 3.8) is 0 Å². The van der Waals surface area contributed by atoms with E-state index in [0.717, 1.165) is 28.9 Å². The van der Waals surface area contributed by atoms with Crippen molar-refractivity contribution in [3.05, 3.63) is 83.2 Å². The SMILES string of the molecule is Cc1cc(C)cc(Nc2ccnc(C(=O)Nc3ccc(F)c(F)c3)c2)c1. The molecule has 0 saturated heterocycles. The van der Waals surface area contributed by atoms with E-state index in [4.69, 9.17) is 0 Å². The number of pyridine rings is 1. The molecule has 0 bridgehead atoms. The van der Waals surface area contributed by atoms with Crippen molar-refractivity contribution in [2.24, 2.45) is 0 Å². The number of amides is 1. The minimum absolute atomic E-state index is 0.156. The van der Waals surface area contributed by atoms with Crippen molar-refractivity contribution in [1.29, 1.82) is 0 Å². The standard InChI is InChI=1S/C20H17F2N3O/c1-12-7-13(2)9-16(8-12)24-15-5-6-23-19(11-15)20(26)25-14-3-4-17(21)18(22)10-14/h3-11H,1-2H3,(H,23,24)(H,25,26). The lowest BCUT2D eigenvalue weighted by Gasteiger charge is -2.10. The molecule has 3 rings (SSSR count). The van der Waals surface area contributed by atoms with Gasteiger partial charge in [-0.25, -0.2) is 8.78 Å². The van der Waals surface area contributed by atoms with E-state index in [0.29, 0.717) is 5.69 Å². The summed E-state index contributed by atoms with van der Waals surface area (Å²) in [5.74, 6) is -2.51. The first-order valence-corrected chi connectivity index (χ1v) is 7.98. The van der Waals surface area contributed by atoms with Crippen LogP contribution in [-0.4, -0.2) is 10.9 Å². The molecule has 0 unspecified atom stereocenters. The molecule has 0 spiro atoms. The van der Waals surface area contributed by atoms with Gasteiger partial charge in [0.1, 0.15) is 5.69 Å². The predicted octanol–water partition coefficient (Wildman–Crippen LogP) is 4.97. The first-order chi connectivity index (χ1) is 12.4. The van der Waals surface area contributed by atoms with Gasteiger partial charge in [0.25, 0.3) is 5.91 Å². The summed E-state index contributed by atoms with van der Waals surface area (Å²) < 4.78 is 26.2. The molecule has 132 valence electrons. The Morgan fingerprint density at radius 3 is 2.27 bits per heavy atom. The van der Waals surface area contributed by atoms with Crippen LogP contribution in [0.3, 0.4) is 0 Å². The number of halogens is 2. The molecule has 0 aliphatic rings. The van der Waals surface area contributed by atoms with Gasteiger partial charge in [0, 0.05) is 29.3 Å². The highest BCUT2D eigenvalue weighted by Gasteiger charge is 2.10. The van der Waals surface area contributed by atoms with Crippen LogP contribution >= 0.6 is 0 Å². The number of carbonyl (C=O) groups excluding carboxylic acids is 1. The molecule has 1 aromatic heterocycles. The Morgan fingerprint density at radius 2 is 1.58 bits per heavy atom. The number of nitrogens with one attached hydrogen (secondary N) is 2. The zero-order valence-electron chi connectivity index (χ0n) is 14.3. The van der Waals surface area contributed by atoms with E-state index in [1.807, 2.05) is 26.0 Å². The number of hydrogen-bond acceptors (Lipinski definition) is 3. The van der Waals surface area contributed by atoms with Crippen LogP contribution in [0.2, 0.25) is 0 Å². The summed E-state index contributed by atoms with van der Waals surface area (Å²) >= 11 is 0. The van der Waals surface area contributed by atoms with Crippen LogP contribution in [0.25, 0.3) is 0 Å². The molecule has 0 atom stereocenters. The van der Waals surface area contributed by atoms with Crippen molar-refractivity contribution < 1.29 is 13.6 Å². The molecular weight excluding hydrogens is 336 g/mol. The van der Waals surface area contributed by atoms with E-state index in [2.05, 4.69) is 21.7 Å². The van der Waals surface area contributed by atoms with Gasteiger partial charge in [-0.15, -0.1) is 0 Å². The van der Waals surface area contributed by atoms with Gasteiger partial charge >= 0.3 is 0 Å². The molecule has 0 fully saturated rings. The zero-order valence-corrected chi connectivity index (χ0v) is 14.3. The lowest BCUT2D eigenvalue weighted by Crippen LogP contribution is -2.14. The van der Waals surface area contributed by atoms with E-state index in [9.17, 15) is 13.6 Å². The van der Waals surface area contributed by atoms with E-state index >= 15 is 0 Å². The number of aromatic nitrogens is 1. The maximum Gasteiger partial charge on any atom is 0.274 e. The largest absolute Gasteiger partial charge is 0.355 e. The number of anilines is 3. The third kappa shape index (κ3) is 4.22. The quantitative estimate of drug-likeness (QED) is 0.696. The molecule has 0 saturated carbocycles. The van der Waals surface area contributed by atoms with E-state index in [1.54, 1.807) is 12.1 Å². The van der Waals surface area contributed by atoms with Crippen LogP contribution in [0.5, 0.6) is 0 Å². The second-order valence-electron chi connectivity index (χ2n) is 6.01. The van der Waals surface area contributed by atoms with Crippen LogP contribution in [-0.2, 0) is 0 Å². The topological polar surface area (TPSA) is 54.0 Å². The molecular formula is C20H17F2N3O. The van der Waals surface area contributed by atoms with Crippen LogP contribution in [0.1, 0.15) is 21.6 Å². The fourth-order valence-corrected chi connectivity index (χ4v) is 2.61. The molecule has 2 aromatic carbocycles. The molecule has 0 radical (unpaired) electrons. The van der Waals surface area contributed by atoms with Gasteiger partial charge in [-0.05, 0) is 61.4 Å². The fraction of sp³-hybridized carbons (Fsp3) is 0.100. The summed E-state index contributed by atoms with van der Waals surface area (Å²) in [5, 5.41) is 5.73. The highest BCUT2D eigenvalue weighted by atomic mass is 19.2. The smallest absolute Gasteiger partial charge is 0.274 e. The molecule has 1 heterocycles. The highest BCUT2D eigenvalue weighted by molar-refractivity contribution is 6.03. The lowest BCUT2D eigenvalue weighted by molar-refractivity contribution is 0.102. The summed E-state index contributed by atoms with van der Waals surface area (Å²) in [5.41, 5.74) is 4.16. The van der Waals surface area contributed by atoms with Gasteiger partial charge in [0.15, 0.2) is 11.6 Å². The summed E-state index contributed by atoms with van der Waals surface area (Å²) in [6, 6.07) is 12.6. The van der Waals surface area contributed by atoms with E-state index in [-0.39, 0.29) is 11.4 Å². The third-order valence-corrected chi connectivity index (χ3v) is 3.68. The van der Waals surface area contributed by atoms with Crippen LogP contribution in [0, 0.1) is 25.5 Å². The van der Waals surface area contributed by atoms with E-state index < -0.39 is 17.5 Å². The molecule has 6 heteroatoms. The van der Waals surface area contributed by atoms with Crippen LogP contribution in [0.15, 0.2) is 54.7 Å². The molecule has 0 aliphatic heterocycles. The Labute approximate surface area is 149 Å². The Morgan fingerprint density at radius 1 is 0.846 bits per heavy atom. The minimum Gasteiger partial charge on any atom is -0.355 e. The van der Waals surface area contributed by atoms with Crippen molar-refractivity contribution in [2.75, 3.05) is 10.6 Å². The second kappa shape index (κ2) is 7.31. The van der Waals surface area contributed by atoms with Gasteiger partial charge in [-0.2, -0.15) is 0 Å². The summed E-state index contributed by atoms with van der Waals surface area (Å²) in [6.07, 6.45) is 1.51. The van der Waals surface area contributed by atoms with Gasteiger partial charge in [0.05, 0.1) is 0 Å². The van der Waals surface area contributed by atoms with Crippen molar-refractivity contribution in [3.8, 4) is 0 Å². The normalized spacial score (nSPS) is 10.5. The summed E-state index contributed by atoms with van der Waals surface area (Å²) in [6.45, 7) is 4.01. The Kier molecular flexibility index (Phi) is 4.93. The van der Waals surface area contributed by atoms with Crippen molar-refractivity contribution in [1.82, 2.24) is 4.98 Å². The number of benzene rings is 2. The summed E-state index contributed by atoms with van der Waals surface area (Å²) in [7, 11) is 0. The van der Waals surface area contributed by atoms with Crippen LogP contribution in [0.4, 0.5) is 25.8 Å². The zero-order chi connectivity index (χ0) is 18.7. The van der Waals surface area contributed by atoms with Gasteiger partial charge in [-0.1, -0.05) is 6.07 Å². The van der Waals surface area contributed by atoms with Gasteiger partial charge in [-0.3, -0.25) is 9.78 Å². The fourth-order valence-electron chi connectivity index (χ4n) is 2.61. The monoisotopic (exact) mass is 353 g/mol. The molecule has 4 nitrogen and oxygen atoms in total. The maximum atomic E-state index is 13.3. The van der Waals surface area contributed by atoms with Gasteiger partial charge in [0.2, 0.25) is 0 Å². The Bertz CT molecular complexity index is 953. The number of hydrogen-bond donors (Lipinski definition) is 2. The maximum absolute atomic E-state index is 13.3. The molecule has 3 aromatic rings. The van der Waals surface area contributed by atoms with Crippen LogP contribution < -0.4 is 10.6 Å². The highest BCUT2D eigenvalue weighted by Crippen LogP contribution is 2.20. The average molecular weight is 353 g/mol. The lowest BCUT2D eigenvalue weighted by atomic mass is 10.1. The Balaban J connectivity index is 1.77. The third-order valence-electron chi connectivity index (χ3n) is 3.68. The predicted molar refractivity (Wildman–Crippen MR) is 97.7 cm³/mol. The molecule has 1 amide bonds.